The van der Waals surface area contributed by atoms with E-state index in [-0.39, 0.29) is 16.7 Å². The van der Waals surface area contributed by atoms with Gasteiger partial charge in [-0.25, -0.2) is 12.7 Å². The zero-order valence-electron chi connectivity index (χ0n) is 22.8. The Hall–Kier alpha value is -3.73. The summed E-state index contributed by atoms with van der Waals surface area (Å²) in [7, 11) is 1.37. The van der Waals surface area contributed by atoms with Crippen LogP contribution in [0.2, 0.25) is 0 Å². The average molecular weight is 548 g/mol. The van der Waals surface area contributed by atoms with Gasteiger partial charge in [0.05, 0.1) is 10.5 Å². The Morgan fingerprint density at radius 3 is 2.31 bits per heavy atom. The second-order valence-corrected chi connectivity index (χ2v) is 12.5. The summed E-state index contributed by atoms with van der Waals surface area (Å²) in [6, 6.07) is 12.3. The van der Waals surface area contributed by atoms with Gasteiger partial charge in [0.1, 0.15) is 0 Å². The number of fused-ring (bicyclic) bond motifs is 1. The molecule has 2 aliphatic heterocycles. The van der Waals surface area contributed by atoms with E-state index in [1.165, 1.54) is 26.2 Å². The highest BCUT2D eigenvalue weighted by Gasteiger charge is 2.28. The molecule has 5 rings (SSSR count). The molecule has 9 nitrogen and oxygen atoms in total. The van der Waals surface area contributed by atoms with Gasteiger partial charge in [-0.1, -0.05) is 12.1 Å². The Balaban J connectivity index is 1.45. The number of benzene rings is 2. The lowest BCUT2D eigenvalue weighted by atomic mass is 9.98. The number of amides is 2. The van der Waals surface area contributed by atoms with Crippen LogP contribution in [0, 0.1) is 13.8 Å². The van der Waals surface area contributed by atoms with Gasteiger partial charge < -0.3 is 20.1 Å². The summed E-state index contributed by atoms with van der Waals surface area (Å²) in [6.45, 7) is 7.15. The quantitative estimate of drug-likeness (QED) is 0.476. The fourth-order valence-electron chi connectivity index (χ4n) is 5.15. The minimum Gasteiger partial charge on any atom is -0.358 e. The van der Waals surface area contributed by atoms with E-state index in [1.54, 1.807) is 12.1 Å². The van der Waals surface area contributed by atoms with E-state index in [4.69, 9.17) is 0 Å². The van der Waals surface area contributed by atoms with Crippen LogP contribution in [0.3, 0.4) is 0 Å². The Morgan fingerprint density at radius 1 is 1.00 bits per heavy atom. The highest BCUT2D eigenvalue weighted by Crippen LogP contribution is 2.37. The molecule has 0 radical (unpaired) electrons. The molecule has 3 aromatic rings. The predicted molar refractivity (Wildman–Crippen MR) is 153 cm³/mol. The minimum atomic E-state index is -3.65. The monoisotopic (exact) mass is 547 g/mol. The average Bonchev–Trinajstić information content (AvgIpc) is 3.37. The van der Waals surface area contributed by atoms with E-state index in [1.807, 2.05) is 43.0 Å². The fraction of sp³-hybridized carbons (Fsp3) is 0.310. The molecule has 10 heteroatoms. The number of hydrogen-bond acceptors (Lipinski definition) is 5. The summed E-state index contributed by atoms with van der Waals surface area (Å²) in [5, 5.41) is 2.83. The van der Waals surface area contributed by atoms with Crippen LogP contribution in [0.4, 0.5) is 5.69 Å². The second kappa shape index (κ2) is 10.1. The Morgan fingerprint density at radius 2 is 1.67 bits per heavy atom. The van der Waals surface area contributed by atoms with Crippen LogP contribution >= 0.6 is 0 Å². The van der Waals surface area contributed by atoms with Crippen molar-refractivity contribution in [3.05, 3.63) is 70.5 Å². The lowest BCUT2D eigenvalue weighted by Crippen LogP contribution is -2.47. The first-order valence-electron chi connectivity index (χ1n) is 12.8. The molecule has 204 valence electrons. The van der Waals surface area contributed by atoms with Crippen molar-refractivity contribution in [2.24, 2.45) is 0 Å². The van der Waals surface area contributed by atoms with Gasteiger partial charge in [-0.2, -0.15) is 0 Å². The van der Waals surface area contributed by atoms with Crippen molar-refractivity contribution in [1.82, 2.24) is 19.1 Å². The number of aromatic amines is 1. The lowest BCUT2D eigenvalue weighted by Gasteiger charge is -2.32. The lowest BCUT2D eigenvalue weighted by molar-refractivity contribution is -0.110. The molecule has 1 saturated heterocycles. The van der Waals surface area contributed by atoms with Crippen molar-refractivity contribution in [3.8, 4) is 11.1 Å². The Bertz CT molecular complexity index is 1590. The zero-order chi connectivity index (χ0) is 28.1. The molecule has 0 unspecified atom stereocenters. The molecule has 2 amide bonds. The van der Waals surface area contributed by atoms with Crippen molar-refractivity contribution in [2.45, 2.75) is 18.7 Å². The van der Waals surface area contributed by atoms with Crippen LogP contribution in [0.15, 0.2) is 47.4 Å². The normalized spacial score (nSPS) is 17.1. The third kappa shape index (κ3) is 4.91. The molecular weight excluding hydrogens is 514 g/mol. The van der Waals surface area contributed by atoms with Gasteiger partial charge in [0, 0.05) is 74.0 Å². The molecule has 3 heterocycles. The van der Waals surface area contributed by atoms with Gasteiger partial charge in [-0.15, -0.1) is 0 Å². The molecule has 39 heavy (non-hydrogen) atoms. The molecule has 2 aliphatic rings. The van der Waals surface area contributed by atoms with Crippen LogP contribution in [-0.4, -0.2) is 86.6 Å². The summed E-state index contributed by atoms with van der Waals surface area (Å²) in [4.78, 5) is 33.4. The molecule has 0 bridgehead atoms. The summed E-state index contributed by atoms with van der Waals surface area (Å²) in [5.41, 5.74) is 6.80. The summed E-state index contributed by atoms with van der Waals surface area (Å²) in [5.74, 6) is -0.242. The molecule has 0 atom stereocenters. The Kier molecular flexibility index (Phi) is 6.96. The third-order valence-electron chi connectivity index (χ3n) is 7.53. The zero-order valence-corrected chi connectivity index (χ0v) is 23.6. The van der Waals surface area contributed by atoms with E-state index >= 15 is 0 Å². The number of nitrogens with zero attached hydrogens (tertiary/aromatic N) is 3. The van der Waals surface area contributed by atoms with Crippen molar-refractivity contribution in [1.29, 1.82) is 0 Å². The smallest absolute Gasteiger partial charge is 0.256 e. The van der Waals surface area contributed by atoms with Gasteiger partial charge in [-0.05, 0) is 68.4 Å². The highest BCUT2D eigenvalue weighted by atomic mass is 32.2. The first kappa shape index (κ1) is 26.9. The second-order valence-electron chi connectivity index (χ2n) is 10.3. The van der Waals surface area contributed by atoms with Crippen molar-refractivity contribution in [3.63, 3.8) is 0 Å². The molecule has 1 fully saturated rings. The van der Waals surface area contributed by atoms with Crippen LogP contribution in [-0.2, 0) is 14.8 Å². The summed E-state index contributed by atoms with van der Waals surface area (Å²) < 4.78 is 26.5. The topological polar surface area (TPSA) is 106 Å². The number of hydrogen-bond donors (Lipinski definition) is 2. The maximum atomic E-state index is 13.0. The van der Waals surface area contributed by atoms with Crippen LogP contribution in [0.25, 0.3) is 22.8 Å². The van der Waals surface area contributed by atoms with Crippen molar-refractivity contribution in [2.75, 3.05) is 52.6 Å². The standard InChI is InChI=1S/C29H33N5O4S/c1-18-26(17-24-23-16-22(39(37,38)32(3)4)10-11-25(23)31-28(24)35)30-19(2)27(18)20-6-8-21(9-7-20)29(36)34-14-12-33(5)13-15-34/h6-11,16-17,30H,12-15H2,1-5H3,(H,31,35)/b24-17-. The third-order valence-corrected chi connectivity index (χ3v) is 9.34. The van der Waals surface area contributed by atoms with Crippen molar-refractivity contribution < 1.29 is 18.0 Å². The van der Waals surface area contributed by atoms with Gasteiger partial charge in [-0.3, -0.25) is 9.59 Å². The van der Waals surface area contributed by atoms with Crippen LogP contribution in [0.5, 0.6) is 0 Å². The van der Waals surface area contributed by atoms with E-state index < -0.39 is 10.0 Å². The maximum absolute atomic E-state index is 13.0. The SMILES string of the molecule is Cc1[nH]c(/C=C2\C(=O)Nc3ccc(S(=O)(=O)N(C)C)cc32)c(C)c1-c1ccc(C(=O)N2CCN(C)CC2)cc1. The number of anilines is 1. The number of nitrogens with one attached hydrogen (secondary N) is 2. The molecule has 0 aliphatic carbocycles. The number of aromatic nitrogens is 1. The number of carbonyl (C=O) groups excluding carboxylic acids is 2. The molecule has 0 spiro atoms. The fourth-order valence-corrected chi connectivity index (χ4v) is 6.08. The van der Waals surface area contributed by atoms with E-state index in [2.05, 4.69) is 22.2 Å². The molecular formula is C29H33N5O4S. The van der Waals surface area contributed by atoms with Gasteiger partial charge in [0.2, 0.25) is 10.0 Å². The van der Waals surface area contributed by atoms with Crippen molar-refractivity contribution >= 4 is 39.2 Å². The molecule has 2 N–H and O–H groups in total. The highest BCUT2D eigenvalue weighted by molar-refractivity contribution is 7.89. The first-order chi connectivity index (χ1) is 18.5. The van der Waals surface area contributed by atoms with Gasteiger partial charge >= 0.3 is 0 Å². The molecule has 2 aromatic carbocycles. The number of likely N-dealkylation sites (N-methyl/N-ethyl adjacent to an activating group) is 1. The van der Waals surface area contributed by atoms with Gasteiger partial charge in [0.25, 0.3) is 11.8 Å². The van der Waals surface area contributed by atoms with Crippen LogP contribution in [0.1, 0.15) is 32.9 Å². The number of sulfonamides is 1. The van der Waals surface area contributed by atoms with E-state index in [0.29, 0.717) is 22.4 Å². The number of rotatable bonds is 5. The predicted octanol–water partition coefficient (Wildman–Crippen LogP) is 3.43. The minimum absolute atomic E-state index is 0.0455. The van der Waals surface area contributed by atoms with Crippen LogP contribution < -0.4 is 5.32 Å². The number of piperazine rings is 1. The number of H-pyrrole nitrogens is 1. The molecule has 1 aromatic heterocycles. The molecule has 0 saturated carbocycles. The first-order valence-corrected chi connectivity index (χ1v) is 14.3. The number of aryl methyl sites for hydroxylation is 1. The Labute approximate surface area is 229 Å². The summed E-state index contributed by atoms with van der Waals surface area (Å²) in [6.07, 6.45) is 1.77. The summed E-state index contributed by atoms with van der Waals surface area (Å²) >= 11 is 0. The number of carbonyl (C=O) groups is 2. The van der Waals surface area contributed by atoms with E-state index in [9.17, 15) is 18.0 Å². The van der Waals surface area contributed by atoms with E-state index in [0.717, 1.165) is 58.6 Å². The maximum Gasteiger partial charge on any atom is 0.256 e. The van der Waals surface area contributed by atoms with Gasteiger partial charge in [0.15, 0.2) is 0 Å². The largest absolute Gasteiger partial charge is 0.358 e.